The van der Waals surface area contributed by atoms with Crippen molar-refractivity contribution in [3.63, 3.8) is 0 Å². The number of nitrogens with one attached hydrogen (secondary N) is 1. The maximum absolute atomic E-state index is 12.9. The minimum atomic E-state index is -0.526. The second-order valence-corrected chi connectivity index (χ2v) is 6.50. The van der Waals surface area contributed by atoms with Crippen molar-refractivity contribution in [3.05, 3.63) is 59.7 Å². The molecule has 0 unspecified atom stereocenters. The van der Waals surface area contributed by atoms with Crippen LogP contribution in [0.4, 0.5) is 5.69 Å². The summed E-state index contributed by atoms with van der Waals surface area (Å²) in [6.07, 6.45) is 0. The van der Waals surface area contributed by atoms with E-state index in [9.17, 15) is 9.59 Å². The molecule has 130 valence electrons. The molecule has 2 aromatic carbocycles. The van der Waals surface area contributed by atoms with Gasteiger partial charge in [-0.2, -0.15) is 0 Å². The summed E-state index contributed by atoms with van der Waals surface area (Å²) in [5, 5.41) is 2.91. The highest BCUT2D eigenvalue weighted by Crippen LogP contribution is 2.27. The third-order valence-corrected chi connectivity index (χ3v) is 4.44. The molecule has 3 rings (SSSR count). The SMILES string of the molecule is COc1ccc(NC(=O)[C@@H](C(C)C)N2Cc3ccccc3C2=O)cc1. The predicted molar refractivity (Wildman–Crippen MR) is 96.6 cm³/mol. The highest BCUT2D eigenvalue weighted by atomic mass is 16.5. The summed E-state index contributed by atoms with van der Waals surface area (Å²) in [5.74, 6) is 0.459. The topological polar surface area (TPSA) is 58.6 Å². The van der Waals surface area contributed by atoms with Gasteiger partial charge < -0.3 is 15.0 Å². The molecular formula is C20H22N2O3. The van der Waals surface area contributed by atoms with Crippen molar-refractivity contribution in [3.8, 4) is 5.75 Å². The molecule has 0 fully saturated rings. The van der Waals surface area contributed by atoms with Crippen LogP contribution in [0.15, 0.2) is 48.5 Å². The van der Waals surface area contributed by atoms with E-state index in [0.29, 0.717) is 17.8 Å². The van der Waals surface area contributed by atoms with Crippen LogP contribution >= 0.6 is 0 Å². The molecule has 0 radical (unpaired) electrons. The highest BCUT2D eigenvalue weighted by Gasteiger charge is 2.37. The van der Waals surface area contributed by atoms with Gasteiger partial charge in [-0.15, -0.1) is 0 Å². The number of carbonyl (C=O) groups excluding carboxylic acids is 2. The number of hydrogen-bond donors (Lipinski definition) is 1. The Bertz CT molecular complexity index is 784. The van der Waals surface area contributed by atoms with Crippen molar-refractivity contribution < 1.29 is 14.3 Å². The highest BCUT2D eigenvalue weighted by molar-refractivity contribution is 6.03. The Kier molecular flexibility index (Phi) is 4.74. The summed E-state index contributed by atoms with van der Waals surface area (Å²) in [6, 6.07) is 14.1. The van der Waals surface area contributed by atoms with Gasteiger partial charge in [-0.3, -0.25) is 9.59 Å². The van der Waals surface area contributed by atoms with Gasteiger partial charge >= 0.3 is 0 Å². The van der Waals surface area contributed by atoms with Crippen LogP contribution in [-0.4, -0.2) is 29.9 Å². The van der Waals surface area contributed by atoms with Gasteiger partial charge in [-0.1, -0.05) is 32.0 Å². The van der Waals surface area contributed by atoms with Crippen molar-refractivity contribution >= 4 is 17.5 Å². The fourth-order valence-corrected chi connectivity index (χ4v) is 3.20. The molecule has 1 atom stereocenters. The van der Waals surface area contributed by atoms with Crippen LogP contribution in [0, 0.1) is 5.92 Å². The van der Waals surface area contributed by atoms with Crippen molar-refractivity contribution in [2.24, 2.45) is 5.92 Å². The van der Waals surface area contributed by atoms with Gasteiger partial charge in [0.15, 0.2) is 0 Å². The van der Waals surface area contributed by atoms with E-state index in [0.717, 1.165) is 11.3 Å². The van der Waals surface area contributed by atoms with E-state index in [1.54, 1.807) is 36.3 Å². The van der Waals surface area contributed by atoms with Crippen LogP contribution < -0.4 is 10.1 Å². The second kappa shape index (κ2) is 6.97. The van der Waals surface area contributed by atoms with Crippen LogP contribution in [0.1, 0.15) is 29.8 Å². The summed E-state index contributed by atoms with van der Waals surface area (Å²) >= 11 is 0. The Morgan fingerprint density at radius 3 is 2.40 bits per heavy atom. The predicted octanol–water partition coefficient (Wildman–Crippen LogP) is 3.31. The molecule has 5 nitrogen and oxygen atoms in total. The molecule has 0 bridgehead atoms. The zero-order valence-electron chi connectivity index (χ0n) is 14.7. The summed E-state index contributed by atoms with van der Waals surface area (Å²) in [5.41, 5.74) is 2.33. The van der Waals surface area contributed by atoms with Crippen LogP contribution in [0.25, 0.3) is 0 Å². The van der Waals surface area contributed by atoms with Crippen molar-refractivity contribution in [1.29, 1.82) is 0 Å². The van der Waals surface area contributed by atoms with E-state index in [1.165, 1.54) is 0 Å². The smallest absolute Gasteiger partial charge is 0.255 e. The number of ether oxygens (including phenoxy) is 1. The Morgan fingerprint density at radius 2 is 1.80 bits per heavy atom. The molecule has 0 aromatic heterocycles. The Hall–Kier alpha value is -2.82. The molecule has 0 saturated heterocycles. The molecule has 0 saturated carbocycles. The molecule has 5 heteroatoms. The maximum Gasteiger partial charge on any atom is 0.255 e. The minimum absolute atomic E-state index is 0.00323. The first-order valence-corrected chi connectivity index (χ1v) is 8.35. The Morgan fingerprint density at radius 1 is 1.12 bits per heavy atom. The average molecular weight is 338 g/mol. The lowest BCUT2D eigenvalue weighted by Crippen LogP contribution is -2.47. The van der Waals surface area contributed by atoms with E-state index < -0.39 is 6.04 Å². The van der Waals surface area contributed by atoms with E-state index in [1.807, 2.05) is 38.1 Å². The number of carbonyl (C=O) groups is 2. The second-order valence-electron chi connectivity index (χ2n) is 6.50. The lowest BCUT2D eigenvalue weighted by atomic mass is 10.0. The monoisotopic (exact) mass is 338 g/mol. The third kappa shape index (κ3) is 3.36. The number of nitrogens with zero attached hydrogens (tertiary/aromatic N) is 1. The molecule has 1 N–H and O–H groups in total. The number of hydrogen-bond acceptors (Lipinski definition) is 3. The van der Waals surface area contributed by atoms with Gasteiger partial charge in [0.25, 0.3) is 5.91 Å². The van der Waals surface area contributed by atoms with Crippen LogP contribution in [0.3, 0.4) is 0 Å². The first kappa shape index (κ1) is 17.0. The summed E-state index contributed by atoms with van der Waals surface area (Å²) in [7, 11) is 1.60. The van der Waals surface area contributed by atoms with E-state index in [4.69, 9.17) is 4.74 Å². The molecule has 0 spiro atoms. The average Bonchev–Trinajstić information content (AvgIpc) is 2.92. The van der Waals surface area contributed by atoms with Crippen LogP contribution in [-0.2, 0) is 11.3 Å². The summed E-state index contributed by atoms with van der Waals surface area (Å²) < 4.78 is 5.13. The van der Waals surface area contributed by atoms with Gasteiger partial charge in [0.1, 0.15) is 11.8 Å². The lowest BCUT2D eigenvalue weighted by molar-refractivity contribution is -0.122. The number of fused-ring (bicyclic) bond motifs is 1. The van der Waals surface area contributed by atoms with Crippen molar-refractivity contribution in [2.75, 3.05) is 12.4 Å². The fourth-order valence-electron chi connectivity index (χ4n) is 3.20. The Balaban J connectivity index is 1.79. The van der Waals surface area contributed by atoms with Gasteiger partial charge in [0.05, 0.1) is 7.11 Å². The van der Waals surface area contributed by atoms with Crippen molar-refractivity contribution in [1.82, 2.24) is 4.90 Å². The lowest BCUT2D eigenvalue weighted by Gasteiger charge is -2.29. The molecule has 2 aromatic rings. The van der Waals surface area contributed by atoms with Crippen molar-refractivity contribution in [2.45, 2.75) is 26.4 Å². The molecular weight excluding hydrogens is 316 g/mol. The number of rotatable bonds is 5. The standard InChI is InChI=1S/C20H22N2O3/c1-13(2)18(19(23)21-15-8-10-16(25-3)11-9-15)22-12-14-6-4-5-7-17(14)20(22)24/h4-11,13,18H,12H2,1-3H3,(H,21,23)/t18-/m1/s1. The first-order valence-electron chi connectivity index (χ1n) is 8.35. The van der Waals surface area contributed by atoms with E-state index >= 15 is 0 Å². The van der Waals surface area contributed by atoms with Gasteiger partial charge in [-0.25, -0.2) is 0 Å². The molecule has 1 aliphatic rings. The molecule has 1 heterocycles. The zero-order valence-corrected chi connectivity index (χ0v) is 14.7. The number of methoxy groups -OCH3 is 1. The fraction of sp³-hybridized carbons (Fsp3) is 0.300. The number of amides is 2. The molecule has 1 aliphatic heterocycles. The van der Waals surface area contributed by atoms with Crippen LogP contribution in [0.2, 0.25) is 0 Å². The molecule has 2 amide bonds. The summed E-state index contributed by atoms with van der Waals surface area (Å²) in [4.78, 5) is 27.2. The number of benzene rings is 2. The minimum Gasteiger partial charge on any atom is -0.497 e. The largest absolute Gasteiger partial charge is 0.497 e. The van der Waals surface area contributed by atoms with Crippen LogP contribution in [0.5, 0.6) is 5.75 Å². The Labute approximate surface area is 147 Å². The zero-order chi connectivity index (χ0) is 18.0. The van der Waals surface area contributed by atoms with E-state index in [2.05, 4.69) is 5.32 Å². The first-order chi connectivity index (χ1) is 12.0. The number of anilines is 1. The third-order valence-electron chi connectivity index (χ3n) is 4.44. The van der Waals surface area contributed by atoms with Gasteiger partial charge in [0.2, 0.25) is 5.91 Å². The van der Waals surface area contributed by atoms with Gasteiger partial charge in [0, 0.05) is 17.8 Å². The van der Waals surface area contributed by atoms with Gasteiger partial charge in [-0.05, 0) is 41.8 Å². The summed E-state index contributed by atoms with van der Waals surface area (Å²) in [6.45, 7) is 4.37. The quantitative estimate of drug-likeness (QED) is 0.910. The molecule has 25 heavy (non-hydrogen) atoms. The normalized spacial score (nSPS) is 14.4. The maximum atomic E-state index is 12.9. The molecule has 0 aliphatic carbocycles. The van der Waals surface area contributed by atoms with E-state index in [-0.39, 0.29) is 17.7 Å².